The number of hydrogen-bond acceptors (Lipinski definition) is 4. The second kappa shape index (κ2) is 8.85. The molecule has 1 amide bonds. The monoisotopic (exact) mass is 483 g/mol. The Morgan fingerprint density at radius 1 is 1.13 bits per heavy atom. The van der Waals surface area contributed by atoms with Gasteiger partial charge in [0.1, 0.15) is 17.4 Å². The third-order valence-corrected chi connectivity index (χ3v) is 5.74. The summed E-state index contributed by atoms with van der Waals surface area (Å²) in [6, 6.07) is 11.7. The van der Waals surface area contributed by atoms with Gasteiger partial charge in [-0.1, -0.05) is 28.1 Å². The lowest BCUT2D eigenvalue weighted by atomic mass is 9.95. The third kappa shape index (κ3) is 4.29. The summed E-state index contributed by atoms with van der Waals surface area (Å²) in [5.41, 5.74) is 0.970. The molecule has 1 saturated heterocycles. The van der Waals surface area contributed by atoms with E-state index in [1.54, 1.807) is 24.5 Å². The normalized spacial score (nSPS) is 18.0. The highest BCUT2D eigenvalue weighted by Gasteiger charge is 2.45. The lowest BCUT2D eigenvalue weighted by Crippen LogP contribution is -2.31. The van der Waals surface area contributed by atoms with Gasteiger partial charge in [0.25, 0.3) is 11.7 Å². The van der Waals surface area contributed by atoms with Crippen LogP contribution in [0.4, 0.5) is 4.39 Å². The summed E-state index contributed by atoms with van der Waals surface area (Å²) in [4.78, 5) is 34.5. The molecule has 1 atom stereocenters. The van der Waals surface area contributed by atoms with Gasteiger partial charge in [0.2, 0.25) is 0 Å². The van der Waals surface area contributed by atoms with Crippen LogP contribution >= 0.6 is 15.9 Å². The molecular formula is C23H19BrFN3O3. The zero-order valence-corrected chi connectivity index (χ0v) is 18.0. The molecular weight excluding hydrogens is 465 g/mol. The van der Waals surface area contributed by atoms with E-state index in [1.165, 1.54) is 29.2 Å². The second-order valence-corrected chi connectivity index (χ2v) is 8.11. The number of Topliss-reactive ketones (excluding diaryl/α,β-unsaturated/α-hetero) is 1. The van der Waals surface area contributed by atoms with Gasteiger partial charge < -0.3 is 15.0 Å². The van der Waals surface area contributed by atoms with Gasteiger partial charge in [0, 0.05) is 35.4 Å². The topological polar surface area (TPSA) is 86.3 Å². The van der Waals surface area contributed by atoms with E-state index in [0.29, 0.717) is 24.9 Å². The lowest BCUT2D eigenvalue weighted by Gasteiger charge is -2.25. The van der Waals surface area contributed by atoms with E-state index in [2.05, 4.69) is 25.9 Å². The first-order valence-electron chi connectivity index (χ1n) is 9.74. The molecule has 1 unspecified atom stereocenters. The maximum atomic E-state index is 13.3. The minimum atomic E-state index is -0.757. The SMILES string of the molecule is O=C1C(=O)N(CCCc2ncc[nH]2)C(c2ccc(Br)cc2)/C1=C(\O)c1ccc(F)cc1. The molecule has 0 radical (unpaired) electrons. The number of aliphatic hydroxyl groups is 1. The Morgan fingerprint density at radius 3 is 2.48 bits per heavy atom. The number of halogens is 2. The Hall–Kier alpha value is -3.26. The lowest BCUT2D eigenvalue weighted by molar-refractivity contribution is -0.139. The average molecular weight is 484 g/mol. The van der Waals surface area contributed by atoms with Crippen molar-refractivity contribution < 1.29 is 19.1 Å². The molecule has 4 rings (SSSR count). The standard InChI is InChI=1S/C23H19BrFN3O3/c24-16-7-3-14(4-8-16)20-19(21(29)15-5-9-17(25)10-6-15)22(30)23(31)28(20)13-1-2-18-26-11-12-27-18/h3-12,20,29H,1-2,13H2,(H,26,27)/b21-19+. The molecule has 1 aromatic heterocycles. The number of benzene rings is 2. The molecule has 6 nitrogen and oxygen atoms in total. The van der Waals surface area contributed by atoms with E-state index in [0.717, 1.165) is 10.3 Å². The van der Waals surface area contributed by atoms with Crippen LogP contribution in [0.25, 0.3) is 5.76 Å². The van der Waals surface area contributed by atoms with Crippen LogP contribution in [-0.4, -0.2) is 38.2 Å². The fourth-order valence-electron chi connectivity index (χ4n) is 3.72. The molecule has 8 heteroatoms. The first-order valence-corrected chi connectivity index (χ1v) is 10.5. The van der Waals surface area contributed by atoms with E-state index in [1.807, 2.05) is 12.1 Å². The number of aromatic amines is 1. The van der Waals surface area contributed by atoms with Gasteiger partial charge >= 0.3 is 0 Å². The molecule has 1 aliphatic rings. The highest BCUT2D eigenvalue weighted by atomic mass is 79.9. The molecule has 0 saturated carbocycles. The predicted molar refractivity (Wildman–Crippen MR) is 116 cm³/mol. The molecule has 2 heterocycles. The van der Waals surface area contributed by atoms with Crippen LogP contribution in [0.5, 0.6) is 0 Å². The minimum Gasteiger partial charge on any atom is -0.507 e. The molecule has 0 aliphatic carbocycles. The number of aromatic nitrogens is 2. The van der Waals surface area contributed by atoms with Crippen molar-refractivity contribution in [2.75, 3.05) is 6.54 Å². The van der Waals surface area contributed by atoms with Gasteiger partial charge in [-0.05, 0) is 48.4 Å². The summed E-state index contributed by atoms with van der Waals surface area (Å²) < 4.78 is 14.2. The second-order valence-electron chi connectivity index (χ2n) is 7.19. The van der Waals surface area contributed by atoms with Gasteiger partial charge in [-0.3, -0.25) is 9.59 Å². The maximum Gasteiger partial charge on any atom is 0.295 e. The Bertz CT molecular complexity index is 1130. The average Bonchev–Trinajstić information content (AvgIpc) is 3.37. The molecule has 31 heavy (non-hydrogen) atoms. The van der Waals surface area contributed by atoms with Gasteiger partial charge in [-0.25, -0.2) is 9.37 Å². The number of carbonyl (C=O) groups is 2. The van der Waals surface area contributed by atoms with Gasteiger partial charge in [-0.15, -0.1) is 0 Å². The predicted octanol–water partition coefficient (Wildman–Crippen LogP) is 4.37. The van der Waals surface area contributed by atoms with E-state index in [4.69, 9.17) is 0 Å². The van der Waals surface area contributed by atoms with E-state index >= 15 is 0 Å². The van der Waals surface area contributed by atoms with Crippen molar-refractivity contribution in [2.24, 2.45) is 0 Å². The Kier molecular flexibility index (Phi) is 5.99. The van der Waals surface area contributed by atoms with E-state index in [9.17, 15) is 19.1 Å². The number of nitrogens with zero attached hydrogens (tertiary/aromatic N) is 2. The third-order valence-electron chi connectivity index (χ3n) is 5.21. The zero-order chi connectivity index (χ0) is 22.0. The minimum absolute atomic E-state index is 0.00284. The molecule has 1 aliphatic heterocycles. The molecule has 1 fully saturated rings. The fraction of sp³-hybridized carbons (Fsp3) is 0.174. The number of carbonyl (C=O) groups excluding carboxylic acids is 2. The van der Waals surface area contributed by atoms with E-state index < -0.39 is 23.5 Å². The van der Waals surface area contributed by atoms with Gasteiger partial charge in [0.15, 0.2) is 0 Å². The van der Waals surface area contributed by atoms with Gasteiger partial charge in [0.05, 0.1) is 11.6 Å². The number of aliphatic hydroxyl groups excluding tert-OH is 1. The van der Waals surface area contributed by atoms with Gasteiger partial charge in [-0.2, -0.15) is 0 Å². The fourth-order valence-corrected chi connectivity index (χ4v) is 3.98. The van der Waals surface area contributed by atoms with Crippen molar-refractivity contribution in [2.45, 2.75) is 18.9 Å². The highest BCUT2D eigenvalue weighted by Crippen LogP contribution is 2.39. The summed E-state index contributed by atoms with van der Waals surface area (Å²) in [7, 11) is 0. The number of H-pyrrole nitrogens is 1. The zero-order valence-electron chi connectivity index (χ0n) is 16.4. The number of hydrogen-bond donors (Lipinski definition) is 2. The highest BCUT2D eigenvalue weighted by molar-refractivity contribution is 9.10. The van der Waals surface area contributed by atoms with Crippen LogP contribution in [0.2, 0.25) is 0 Å². The molecule has 158 valence electrons. The van der Waals surface area contributed by atoms with Crippen LogP contribution in [0.1, 0.15) is 29.4 Å². The summed E-state index contributed by atoms with van der Waals surface area (Å²) in [5, 5.41) is 10.9. The summed E-state index contributed by atoms with van der Waals surface area (Å²) >= 11 is 3.39. The number of ketones is 1. The number of rotatable bonds is 6. The largest absolute Gasteiger partial charge is 0.507 e. The van der Waals surface area contributed by atoms with Crippen molar-refractivity contribution in [1.82, 2.24) is 14.9 Å². The number of amides is 1. The molecule has 0 spiro atoms. The quantitative estimate of drug-likeness (QED) is 0.309. The Morgan fingerprint density at radius 2 is 1.84 bits per heavy atom. The number of imidazole rings is 1. The van der Waals surface area contributed by atoms with Crippen molar-refractivity contribution in [1.29, 1.82) is 0 Å². The van der Waals surface area contributed by atoms with Crippen LogP contribution in [0.15, 0.2) is 71.0 Å². The Labute approximate surface area is 186 Å². The maximum absolute atomic E-state index is 13.3. The van der Waals surface area contributed by atoms with Crippen LogP contribution < -0.4 is 0 Å². The summed E-state index contributed by atoms with van der Waals surface area (Å²) in [6.07, 6.45) is 4.59. The van der Waals surface area contributed by atoms with Crippen LogP contribution in [0.3, 0.4) is 0 Å². The first-order chi connectivity index (χ1) is 15.0. The Balaban J connectivity index is 1.72. The van der Waals surface area contributed by atoms with Crippen molar-refractivity contribution in [3.63, 3.8) is 0 Å². The number of aryl methyl sites for hydroxylation is 1. The molecule has 3 aromatic rings. The van der Waals surface area contributed by atoms with Crippen LogP contribution in [-0.2, 0) is 16.0 Å². The molecule has 0 bridgehead atoms. The molecule has 2 aromatic carbocycles. The summed E-state index contributed by atoms with van der Waals surface area (Å²) in [6.45, 7) is 0.312. The smallest absolute Gasteiger partial charge is 0.295 e. The van der Waals surface area contributed by atoms with Crippen molar-refractivity contribution in [3.8, 4) is 0 Å². The van der Waals surface area contributed by atoms with Crippen molar-refractivity contribution in [3.05, 3.63) is 93.7 Å². The number of nitrogens with one attached hydrogen (secondary N) is 1. The van der Waals surface area contributed by atoms with E-state index in [-0.39, 0.29) is 16.9 Å². The summed E-state index contributed by atoms with van der Waals surface area (Å²) in [5.74, 6) is -1.41. The molecule has 2 N–H and O–H groups in total. The van der Waals surface area contributed by atoms with Crippen molar-refractivity contribution >= 4 is 33.4 Å². The van der Waals surface area contributed by atoms with Crippen LogP contribution in [0, 0.1) is 5.82 Å². The first kappa shape index (κ1) is 21.0. The number of likely N-dealkylation sites (tertiary alicyclic amines) is 1.